The van der Waals surface area contributed by atoms with Gasteiger partial charge in [0.05, 0.1) is 5.69 Å². The Balaban J connectivity index is 2.46. The van der Waals surface area contributed by atoms with E-state index >= 15 is 0 Å². The molecule has 1 heterocycles. The normalized spacial score (nSPS) is 13.0. The summed E-state index contributed by atoms with van der Waals surface area (Å²) in [4.78, 5) is 0. The summed E-state index contributed by atoms with van der Waals surface area (Å²) in [6.45, 7) is 7.07. The van der Waals surface area contributed by atoms with Gasteiger partial charge >= 0.3 is 5.51 Å². The SMILES string of the molecule is Cn1cc(CNCCSC(F)(F)F)c(C(C)(C)C)n1. The highest BCUT2D eigenvalue weighted by molar-refractivity contribution is 8.00. The fraction of sp³-hybridized carbons (Fsp3) is 0.750. The highest BCUT2D eigenvalue weighted by Crippen LogP contribution is 2.29. The van der Waals surface area contributed by atoms with Crippen LogP contribution >= 0.6 is 11.8 Å². The Kier molecular flexibility index (Phi) is 5.32. The Hall–Kier alpha value is -0.690. The predicted molar refractivity (Wildman–Crippen MR) is 72.1 cm³/mol. The molecule has 1 N–H and O–H groups in total. The topological polar surface area (TPSA) is 29.9 Å². The molecule has 0 aliphatic rings. The molecule has 0 saturated heterocycles. The molecule has 0 aliphatic heterocycles. The van der Waals surface area contributed by atoms with Crippen LogP contribution in [0.1, 0.15) is 32.0 Å². The van der Waals surface area contributed by atoms with Crippen molar-refractivity contribution < 1.29 is 13.2 Å². The van der Waals surface area contributed by atoms with E-state index in [0.717, 1.165) is 11.3 Å². The van der Waals surface area contributed by atoms with Gasteiger partial charge in [-0.1, -0.05) is 20.8 Å². The van der Waals surface area contributed by atoms with Crippen molar-refractivity contribution in [2.45, 2.75) is 38.2 Å². The minimum absolute atomic E-state index is 0.000329. The van der Waals surface area contributed by atoms with Gasteiger partial charge in [-0.2, -0.15) is 18.3 Å². The van der Waals surface area contributed by atoms with E-state index in [4.69, 9.17) is 0 Å². The Labute approximate surface area is 115 Å². The first-order valence-corrected chi connectivity index (χ1v) is 7.02. The summed E-state index contributed by atoms with van der Waals surface area (Å²) < 4.78 is 37.6. The van der Waals surface area contributed by atoms with Crippen LogP contribution in [0.15, 0.2) is 6.20 Å². The first kappa shape index (κ1) is 16.4. The van der Waals surface area contributed by atoms with Crippen molar-refractivity contribution in [1.82, 2.24) is 15.1 Å². The third-order valence-electron chi connectivity index (χ3n) is 2.47. The molecule has 7 heteroatoms. The fourth-order valence-corrected chi connectivity index (χ4v) is 2.24. The molecule has 0 amide bonds. The van der Waals surface area contributed by atoms with Gasteiger partial charge in [0.1, 0.15) is 0 Å². The van der Waals surface area contributed by atoms with Crippen molar-refractivity contribution in [2.75, 3.05) is 12.3 Å². The van der Waals surface area contributed by atoms with Gasteiger partial charge in [-0.3, -0.25) is 4.68 Å². The van der Waals surface area contributed by atoms with Crippen LogP contribution in [0.25, 0.3) is 0 Å². The number of hydrogen-bond acceptors (Lipinski definition) is 3. The lowest BCUT2D eigenvalue weighted by Crippen LogP contribution is -2.21. The Morgan fingerprint density at radius 1 is 1.32 bits per heavy atom. The molecule has 1 aromatic heterocycles. The zero-order chi connectivity index (χ0) is 14.7. The average molecular weight is 295 g/mol. The number of hydrogen-bond donors (Lipinski definition) is 1. The lowest BCUT2D eigenvalue weighted by atomic mass is 9.89. The third-order valence-corrected chi connectivity index (χ3v) is 3.21. The summed E-state index contributed by atoms with van der Waals surface area (Å²) in [6, 6.07) is 0. The van der Waals surface area contributed by atoms with Crippen LogP contribution in [-0.4, -0.2) is 27.6 Å². The zero-order valence-corrected chi connectivity index (χ0v) is 12.5. The largest absolute Gasteiger partial charge is 0.441 e. The summed E-state index contributed by atoms with van der Waals surface area (Å²) in [5.74, 6) is 0.0224. The van der Waals surface area contributed by atoms with Gasteiger partial charge in [0.2, 0.25) is 0 Å². The number of nitrogens with zero attached hydrogens (tertiary/aromatic N) is 2. The van der Waals surface area contributed by atoms with Gasteiger partial charge in [-0.05, 0) is 11.8 Å². The molecule has 19 heavy (non-hydrogen) atoms. The van der Waals surface area contributed by atoms with Crippen LogP contribution < -0.4 is 5.32 Å². The summed E-state index contributed by atoms with van der Waals surface area (Å²) in [6.07, 6.45) is 1.91. The van der Waals surface area contributed by atoms with Crippen LogP contribution in [0.3, 0.4) is 0 Å². The minimum atomic E-state index is -4.15. The highest BCUT2D eigenvalue weighted by Gasteiger charge is 2.27. The van der Waals surface area contributed by atoms with E-state index in [1.807, 2.05) is 13.2 Å². The van der Waals surface area contributed by atoms with Crippen molar-refractivity contribution in [3.63, 3.8) is 0 Å². The molecule has 0 fully saturated rings. The third kappa shape index (κ3) is 5.86. The molecule has 0 spiro atoms. The Morgan fingerprint density at radius 3 is 2.47 bits per heavy atom. The molecule has 0 aliphatic carbocycles. The van der Waals surface area contributed by atoms with Crippen LogP contribution in [0.5, 0.6) is 0 Å². The van der Waals surface area contributed by atoms with Crippen LogP contribution in [0.4, 0.5) is 13.2 Å². The number of aromatic nitrogens is 2. The monoisotopic (exact) mass is 295 g/mol. The fourth-order valence-electron chi connectivity index (χ4n) is 1.76. The highest BCUT2D eigenvalue weighted by atomic mass is 32.2. The van der Waals surface area contributed by atoms with Gasteiger partial charge in [0.15, 0.2) is 0 Å². The molecule has 1 rings (SSSR count). The number of aryl methyl sites for hydroxylation is 1. The quantitative estimate of drug-likeness (QED) is 0.847. The van der Waals surface area contributed by atoms with Gasteiger partial charge in [0, 0.05) is 43.1 Å². The van der Waals surface area contributed by atoms with Crippen molar-refractivity contribution in [1.29, 1.82) is 0 Å². The van der Waals surface area contributed by atoms with E-state index in [9.17, 15) is 13.2 Å². The molecule has 0 atom stereocenters. The van der Waals surface area contributed by atoms with Crippen molar-refractivity contribution in [3.8, 4) is 0 Å². The van der Waals surface area contributed by atoms with E-state index in [0.29, 0.717) is 13.1 Å². The van der Waals surface area contributed by atoms with E-state index in [2.05, 4.69) is 31.2 Å². The molecule has 0 radical (unpaired) electrons. The number of thioether (sulfide) groups is 1. The van der Waals surface area contributed by atoms with E-state index < -0.39 is 5.51 Å². The first-order valence-electron chi connectivity index (χ1n) is 6.04. The molecular weight excluding hydrogens is 275 g/mol. The molecule has 0 saturated carbocycles. The summed E-state index contributed by atoms with van der Waals surface area (Å²) in [7, 11) is 1.85. The van der Waals surface area contributed by atoms with Crippen LogP contribution in [-0.2, 0) is 19.0 Å². The zero-order valence-electron chi connectivity index (χ0n) is 11.6. The van der Waals surface area contributed by atoms with Crippen molar-refractivity contribution >= 4 is 11.8 Å². The van der Waals surface area contributed by atoms with Gasteiger partial charge in [0.25, 0.3) is 0 Å². The number of halogens is 3. The second kappa shape index (κ2) is 6.17. The molecule has 1 aromatic rings. The maximum atomic E-state index is 12.0. The second-order valence-corrected chi connectivity index (χ2v) is 6.56. The molecule has 0 bridgehead atoms. The average Bonchev–Trinajstić information content (AvgIpc) is 2.57. The minimum Gasteiger partial charge on any atom is -0.312 e. The molecule has 3 nitrogen and oxygen atoms in total. The Bertz CT molecular complexity index is 407. The lowest BCUT2D eigenvalue weighted by molar-refractivity contribution is -0.0327. The van der Waals surface area contributed by atoms with E-state index in [1.54, 1.807) is 4.68 Å². The summed E-state index contributed by atoms with van der Waals surface area (Å²) >= 11 is 0.000329. The lowest BCUT2D eigenvalue weighted by Gasteiger charge is -2.17. The first-order chi connectivity index (χ1) is 8.59. The van der Waals surface area contributed by atoms with E-state index in [1.165, 1.54) is 0 Å². The maximum Gasteiger partial charge on any atom is 0.441 e. The van der Waals surface area contributed by atoms with Crippen molar-refractivity contribution in [3.05, 3.63) is 17.5 Å². The van der Waals surface area contributed by atoms with Crippen LogP contribution in [0, 0.1) is 0 Å². The number of alkyl halides is 3. The van der Waals surface area contributed by atoms with Crippen molar-refractivity contribution in [2.24, 2.45) is 7.05 Å². The Morgan fingerprint density at radius 2 is 1.95 bits per heavy atom. The summed E-state index contributed by atoms with van der Waals surface area (Å²) in [5, 5.41) is 7.44. The van der Waals surface area contributed by atoms with Crippen LogP contribution in [0.2, 0.25) is 0 Å². The second-order valence-electron chi connectivity index (χ2n) is 5.40. The van der Waals surface area contributed by atoms with E-state index in [-0.39, 0.29) is 22.9 Å². The standard InChI is InChI=1S/C12H20F3N3S/c1-11(2,3)10-9(8-18(4)17-10)7-16-5-6-19-12(13,14)15/h8,16H,5-7H2,1-4H3. The van der Waals surface area contributed by atoms with Gasteiger partial charge in [-0.15, -0.1) is 0 Å². The van der Waals surface area contributed by atoms with Gasteiger partial charge in [-0.25, -0.2) is 0 Å². The molecular formula is C12H20F3N3S. The molecule has 110 valence electrons. The van der Waals surface area contributed by atoms with Gasteiger partial charge < -0.3 is 5.32 Å². The molecule has 0 aromatic carbocycles. The summed E-state index contributed by atoms with van der Waals surface area (Å²) in [5.41, 5.74) is -2.20. The predicted octanol–water partition coefficient (Wildman–Crippen LogP) is 3.06. The number of nitrogens with one attached hydrogen (secondary N) is 1. The maximum absolute atomic E-state index is 12.0. The molecule has 0 unspecified atom stereocenters. The smallest absolute Gasteiger partial charge is 0.312 e. The number of rotatable bonds is 5.